The van der Waals surface area contributed by atoms with Gasteiger partial charge in [0.1, 0.15) is 0 Å². The number of primary amides is 1. The Morgan fingerprint density at radius 2 is 1.83 bits per heavy atom. The van der Waals surface area contributed by atoms with Crippen molar-refractivity contribution in [2.24, 2.45) is 11.7 Å². The molecule has 1 aliphatic rings. The minimum Gasteiger partial charge on any atom is -0.351 e. The van der Waals surface area contributed by atoms with Crippen molar-refractivity contribution in [3.05, 3.63) is 72.1 Å². The van der Waals surface area contributed by atoms with Crippen LogP contribution in [0.3, 0.4) is 0 Å². The lowest BCUT2D eigenvalue weighted by atomic mass is 10.0. The first kappa shape index (κ1) is 14.7. The maximum absolute atomic E-state index is 12.1. The van der Waals surface area contributed by atoms with Crippen LogP contribution in [0, 0.1) is 5.92 Å². The zero-order valence-corrected chi connectivity index (χ0v) is 13.4. The second-order valence-electron chi connectivity index (χ2n) is 6.37. The molecule has 24 heavy (non-hydrogen) atoms. The van der Waals surface area contributed by atoms with Gasteiger partial charge in [-0.25, -0.2) is 4.79 Å². The van der Waals surface area contributed by atoms with Crippen LogP contribution in [0.25, 0.3) is 10.8 Å². The van der Waals surface area contributed by atoms with E-state index in [4.69, 9.17) is 5.73 Å². The van der Waals surface area contributed by atoms with Crippen LogP contribution in [0.1, 0.15) is 11.1 Å². The SMILES string of the molecule is NC(=O)N(CC1Cc2ccccc2C1)c1cccc2cnccc12. The molecular formula is C20H19N3O. The molecule has 1 aromatic heterocycles. The van der Waals surface area contributed by atoms with Crippen molar-refractivity contribution in [1.29, 1.82) is 0 Å². The molecule has 0 atom stereocenters. The Labute approximate surface area is 140 Å². The predicted octanol–water partition coefficient (Wildman–Crippen LogP) is 3.53. The normalized spacial score (nSPS) is 13.8. The first-order valence-electron chi connectivity index (χ1n) is 8.19. The highest BCUT2D eigenvalue weighted by Gasteiger charge is 2.26. The first-order chi connectivity index (χ1) is 11.7. The number of amides is 2. The molecule has 4 nitrogen and oxygen atoms in total. The molecule has 0 fully saturated rings. The van der Waals surface area contributed by atoms with Crippen LogP contribution in [-0.2, 0) is 12.8 Å². The molecule has 0 spiro atoms. The number of hydrogen-bond acceptors (Lipinski definition) is 2. The fourth-order valence-electron chi connectivity index (χ4n) is 3.69. The Hall–Kier alpha value is -2.88. The van der Waals surface area contributed by atoms with Gasteiger partial charge >= 0.3 is 6.03 Å². The highest BCUT2D eigenvalue weighted by molar-refractivity contribution is 6.02. The van der Waals surface area contributed by atoms with Crippen molar-refractivity contribution in [3.63, 3.8) is 0 Å². The summed E-state index contributed by atoms with van der Waals surface area (Å²) in [7, 11) is 0. The van der Waals surface area contributed by atoms with Gasteiger partial charge < -0.3 is 5.73 Å². The molecule has 1 heterocycles. The van der Waals surface area contributed by atoms with Crippen molar-refractivity contribution in [2.45, 2.75) is 12.8 Å². The molecule has 0 bridgehead atoms. The van der Waals surface area contributed by atoms with Crippen LogP contribution >= 0.6 is 0 Å². The third-order valence-electron chi connectivity index (χ3n) is 4.79. The summed E-state index contributed by atoms with van der Waals surface area (Å²) in [6.45, 7) is 0.630. The molecule has 4 heteroatoms. The van der Waals surface area contributed by atoms with E-state index in [0.29, 0.717) is 12.5 Å². The van der Waals surface area contributed by atoms with E-state index in [2.05, 4.69) is 29.2 Å². The predicted molar refractivity (Wildman–Crippen MR) is 96.0 cm³/mol. The third kappa shape index (κ3) is 2.60. The van der Waals surface area contributed by atoms with Gasteiger partial charge in [-0.15, -0.1) is 0 Å². The Bertz CT molecular complexity index is 876. The van der Waals surface area contributed by atoms with Gasteiger partial charge in [0.05, 0.1) is 5.69 Å². The topological polar surface area (TPSA) is 59.2 Å². The van der Waals surface area contributed by atoms with Gasteiger partial charge in [0.2, 0.25) is 0 Å². The van der Waals surface area contributed by atoms with Gasteiger partial charge in [-0.05, 0) is 42.0 Å². The van der Waals surface area contributed by atoms with E-state index in [1.54, 1.807) is 11.1 Å². The number of carbonyl (C=O) groups is 1. The standard InChI is InChI=1S/C20H19N3O/c21-20(24)23(13-14-10-15-4-1-2-5-16(15)11-14)19-7-3-6-17-12-22-9-8-18(17)19/h1-9,12,14H,10-11,13H2,(H2,21,24). The van der Waals surface area contributed by atoms with Crippen LogP contribution in [0.2, 0.25) is 0 Å². The molecule has 4 rings (SSSR count). The fraction of sp³-hybridized carbons (Fsp3) is 0.200. The number of pyridine rings is 1. The molecule has 3 aromatic rings. The van der Waals surface area contributed by atoms with Crippen molar-refractivity contribution >= 4 is 22.5 Å². The quantitative estimate of drug-likeness (QED) is 0.803. The van der Waals surface area contributed by atoms with E-state index in [9.17, 15) is 4.79 Å². The number of nitrogens with two attached hydrogens (primary N) is 1. The molecule has 2 amide bonds. The number of fused-ring (bicyclic) bond motifs is 2. The lowest BCUT2D eigenvalue weighted by Gasteiger charge is -2.25. The second kappa shape index (κ2) is 5.96. The Morgan fingerprint density at radius 3 is 2.54 bits per heavy atom. The lowest BCUT2D eigenvalue weighted by Crippen LogP contribution is -2.39. The Morgan fingerprint density at radius 1 is 1.08 bits per heavy atom. The molecule has 0 unspecified atom stereocenters. The first-order valence-corrected chi connectivity index (χ1v) is 8.19. The van der Waals surface area contributed by atoms with Crippen LogP contribution in [-0.4, -0.2) is 17.6 Å². The number of urea groups is 1. The highest BCUT2D eigenvalue weighted by Crippen LogP contribution is 2.31. The zero-order chi connectivity index (χ0) is 16.5. The molecule has 2 N–H and O–H groups in total. The van der Waals surface area contributed by atoms with E-state index in [1.807, 2.05) is 30.5 Å². The van der Waals surface area contributed by atoms with Crippen molar-refractivity contribution in [3.8, 4) is 0 Å². The largest absolute Gasteiger partial charge is 0.351 e. The molecule has 1 aliphatic carbocycles. The molecule has 120 valence electrons. The van der Waals surface area contributed by atoms with Crippen molar-refractivity contribution in [1.82, 2.24) is 4.98 Å². The summed E-state index contributed by atoms with van der Waals surface area (Å²) in [5, 5.41) is 2.01. The van der Waals surface area contributed by atoms with E-state index < -0.39 is 6.03 Å². The van der Waals surface area contributed by atoms with Gasteiger partial charge in [-0.2, -0.15) is 0 Å². The number of carbonyl (C=O) groups excluding carboxylic acids is 1. The number of nitrogens with zero attached hydrogens (tertiary/aromatic N) is 2. The van der Waals surface area contributed by atoms with E-state index in [0.717, 1.165) is 29.3 Å². The smallest absolute Gasteiger partial charge is 0.319 e. The van der Waals surface area contributed by atoms with E-state index >= 15 is 0 Å². The summed E-state index contributed by atoms with van der Waals surface area (Å²) < 4.78 is 0. The van der Waals surface area contributed by atoms with Crippen molar-refractivity contribution < 1.29 is 4.79 Å². The Balaban J connectivity index is 1.65. The highest BCUT2D eigenvalue weighted by atomic mass is 16.2. The molecule has 0 saturated carbocycles. The second-order valence-corrected chi connectivity index (χ2v) is 6.37. The lowest BCUT2D eigenvalue weighted by molar-refractivity contribution is 0.253. The molecular weight excluding hydrogens is 298 g/mol. The summed E-state index contributed by atoms with van der Waals surface area (Å²) in [5.74, 6) is 0.395. The van der Waals surface area contributed by atoms with Gasteiger partial charge in [0.25, 0.3) is 0 Å². The van der Waals surface area contributed by atoms with Gasteiger partial charge in [-0.1, -0.05) is 36.4 Å². The summed E-state index contributed by atoms with van der Waals surface area (Å²) in [6, 6.07) is 15.9. The number of aromatic nitrogens is 1. The molecule has 0 saturated heterocycles. The van der Waals surface area contributed by atoms with Crippen LogP contribution in [0.15, 0.2) is 60.9 Å². The monoisotopic (exact) mass is 317 g/mol. The minimum atomic E-state index is -0.407. The van der Waals surface area contributed by atoms with Crippen molar-refractivity contribution in [2.75, 3.05) is 11.4 Å². The number of benzene rings is 2. The molecule has 0 radical (unpaired) electrons. The maximum atomic E-state index is 12.1. The zero-order valence-electron chi connectivity index (χ0n) is 13.4. The summed E-state index contributed by atoms with van der Waals surface area (Å²) in [6.07, 6.45) is 5.54. The summed E-state index contributed by atoms with van der Waals surface area (Å²) in [5.41, 5.74) is 9.34. The minimum absolute atomic E-state index is 0.395. The number of rotatable bonds is 3. The summed E-state index contributed by atoms with van der Waals surface area (Å²) >= 11 is 0. The average molecular weight is 317 g/mol. The Kier molecular flexibility index (Phi) is 3.65. The molecule has 0 aliphatic heterocycles. The maximum Gasteiger partial charge on any atom is 0.319 e. The van der Waals surface area contributed by atoms with Gasteiger partial charge in [-0.3, -0.25) is 9.88 Å². The van der Waals surface area contributed by atoms with Crippen LogP contribution in [0.4, 0.5) is 10.5 Å². The van der Waals surface area contributed by atoms with Crippen LogP contribution in [0.5, 0.6) is 0 Å². The van der Waals surface area contributed by atoms with E-state index in [1.165, 1.54) is 11.1 Å². The van der Waals surface area contributed by atoms with Crippen LogP contribution < -0.4 is 10.6 Å². The average Bonchev–Trinajstić information content (AvgIpc) is 3.01. The third-order valence-corrected chi connectivity index (χ3v) is 4.79. The van der Waals surface area contributed by atoms with Gasteiger partial charge in [0.15, 0.2) is 0 Å². The number of hydrogen-bond donors (Lipinski definition) is 1. The van der Waals surface area contributed by atoms with E-state index in [-0.39, 0.29) is 0 Å². The number of anilines is 1. The fourth-order valence-corrected chi connectivity index (χ4v) is 3.69. The summed E-state index contributed by atoms with van der Waals surface area (Å²) in [4.78, 5) is 18.0. The van der Waals surface area contributed by atoms with Gasteiger partial charge in [0, 0.05) is 29.7 Å². The molecule has 2 aromatic carbocycles.